The highest BCUT2D eigenvalue weighted by molar-refractivity contribution is 7.98. The van der Waals surface area contributed by atoms with E-state index in [1.54, 1.807) is 11.8 Å². The fraction of sp³-hybridized carbons (Fsp3) is 0.650. The summed E-state index contributed by atoms with van der Waals surface area (Å²) < 4.78 is 0. The van der Waals surface area contributed by atoms with E-state index in [1.165, 1.54) is 49.1 Å². The minimum atomic E-state index is 0.525. The molecule has 1 aliphatic heterocycles. The number of thioether (sulfide) groups is 1. The molecule has 4 nitrogen and oxygen atoms in total. The Bertz CT molecular complexity index is 551. The summed E-state index contributed by atoms with van der Waals surface area (Å²) >= 11 is 1.78. The SMILES string of the molecule is CCNC(=NCc1ccc(SC)cc1)NC1CCN(C2CCCC2)C1. The number of rotatable bonds is 6. The van der Waals surface area contributed by atoms with Crippen LogP contribution in [-0.4, -0.2) is 48.8 Å². The fourth-order valence-corrected chi connectivity index (χ4v) is 4.33. The van der Waals surface area contributed by atoms with Crippen LogP contribution in [0.5, 0.6) is 0 Å². The third-order valence-corrected chi connectivity index (χ3v) is 6.07. The first-order chi connectivity index (χ1) is 12.3. The number of nitrogens with one attached hydrogen (secondary N) is 2. The molecule has 5 heteroatoms. The maximum Gasteiger partial charge on any atom is 0.191 e. The van der Waals surface area contributed by atoms with Gasteiger partial charge in [-0.05, 0) is 50.1 Å². The van der Waals surface area contributed by atoms with Gasteiger partial charge in [-0.2, -0.15) is 0 Å². The lowest BCUT2D eigenvalue weighted by Gasteiger charge is -2.24. The Labute approximate surface area is 156 Å². The summed E-state index contributed by atoms with van der Waals surface area (Å²) in [6.07, 6.45) is 8.96. The van der Waals surface area contributed by atoms with Crippen molar-refractivity contribution in [3.05, 3.63) is 29.8 Å². The first kappa shape index (κ1) is 18.6. The first-order valence-corrected chi connectivity index (χ1v) is 10.9. The van der Waals surface area contributed by atoms with Gasteiger partial charge in [0, 0.05) is 36.6 Å². The first-order valence-electron chi connectivity index (χ1n) is 9.70. The van der Waals surface area contributed by atoms with E-state index in [0.717, 1.165) is 31.6 Å². The highest BCUT2D eigenvalue weighted by atomic mass is 32.2. The monoisotopic (exact) mass is 360 g/mol. The van der Waals surface area contributed by atoms with E-state index in [1.807, 2.05) is 0 Å². The van der Waals surface area contributed by atoms with Gasteiger partial charge in [0.25, 0.3) is 0 Å². The Morgan fingerprint density at radius 2 is 1.96 bits per heavy atom. The lowest BCUT2D eigenvalue weighted by atomic mass is 10.2. The second-order valence-corrected chi connectivity index (χ2v) is 7.99. The maximum absolute atomic E-state index is 4.79. The Balaban J connectivity index is 1.53. The molecule has 0 aromatic heterocycles. The van der Waals surface area contributed by atoms with Crippen molar-refractivity contribution in [2.45, 2.75) is 62.6 Å². The largest absolute Gasteiger partial charge is 0.357 e. The summed E-state index contributed by atoms with van der Waals surface area (Å²) in [6.45, 7) is 6.15. The number of hydrogen-bond donors (Lipinski definition) is 2. The van der Waals surface area contributed by atoms with Crippen molar-refractivity contribution >= 4 is 17.7 Å². The van der Waals surface area contributed by atoms with Crippen LogP contribution in [0.4, 0.5) is 0 Å². The van der Waals surface area contributed by atoms with E-state index in [0.29, 0.717) is 6.04 Å². The molecular weight excluding hydrogens is 328 g/mol. The van der Waals surface area contributed by atoms with Crippen molar-refractivity contribution in [2.24, 2.45) is 4.99 Å². The minimum absolute atomic E-state index is 0.525. The predicted octanol–water partition coefficient (Wildman–Crippen LogP) is 3.48. The summed E-state index contributed by atoms with van der Waals surface area (Å²) in [7, 11) is 0. The molecule has 1 aromatic rings. The van der Waals surface area contributed by atoms with Crippen LogP contribution in [0.25, 0.3) is 0 Å². The summed E-state index contributed by atoms with van der Waals surface area (Å²) in [4.78, 5) is 8.79. The zero-order chi connectivity index (χ0) is 17.5. The van der Waals surface area contributed by atoms with Gasteiger partial charge in [0.2, 0.25) is 0 Å². The molecule has 1 aromatic carbocycles. The average molecular weight is 361 g/mol. The number of likely N-dealkylation sites (tertiary alicyclic amines) is 1. The molecule has 1 unspecified atom stereocenters. The molecule has 1 atom stereocenters. The molecule has 138 valence electrons. The van der Waals surface area contributed by atoms with Crippen LogP contribution in [0.1, 0.15) is 44.6 Å². The zero-order valence-electron chi connectivity index (χ0n) is 15.6. The second kappa shape index (κ2) is 9.48. The van der Waals surface area contributed by atoms with Gasteiger partial charge in [-0.25, -0.2) is 4.99 Å². The van der Waals surface area contributed by atoms with E-state index in [4.69, 9.17) is 4.99 Å². The van der Waals surface area contributed by atoms with Gasteiger partial charge in [-0.15, -0.1) is 11.8 Å². The third-order valence-electron chi connectivity index (χ3n) is 5.32. The summed E-state index contributed by atoms with van der Waals surface area (Å²) in [5.41, 5.74) is 1.26. The number of benzene rings is 1. The molecule has 1 aliphatic carbocycles. The average Bonchev–Trinajstić information content (AvgIpc) is 3.32. The Kier molecular flexibility index (Phi) is 7.05. The lowest BCUT2D eigenvalue weighted by Crippen LogP contribution is -2.45. The minimum Gasteiger partial charge on any atom is -0.357 e. The van der Waals surface area contributed by atoms with Gasteiger partial charge in [-0.3, -0.25) is 4.90 Å². The zero-order valence-corrected chi connectivity index (χ0v) is 16.4. The molecule has 2 N–H and O–H groups in total. The van der Waals surface area contributed by atoms with Crippen molar-refractivity contribution in [1.29, 1.82) is 0 Å². The predicted molar refractivity (Wildman–Crippen MR) is 108 cm³/mol. The van der Waals surface area contributed by atoms with Crippen LogP contribution >= 0.6 is 11.8 Å². The van der Waals surface area contributed by atoms with Crippen LogP contribution in [0.2, 0.25) is 0 Å². The molecule has 25 heavy (non-hydrogen) atoms. The smallest absolute Gasteiger partial charge is 0.191 e. The summed E-state index contributed by atoms with van der Waals surface area (Å²) in [5, 5.41) is 7.06. The normalized spacial score (nSPS) is 22.5. The molecular formula is C20H32N4S. The molecule has 3 rings (SSSR count). The van der Waals surface area contributed by atoms with E-state index in [9.17, 15) is 0 Å². The third kappa shape index (κ3) is 5.38. The molecule has 0 radical (unpaired) electrons. The van der Waals surface area contributed by atoms with E-state index >= 15 is 0 Å². The van der Waals surface area contributed by atoms with Gasteiger partial charge >= 0.3 is 0 Å². The highest BCUT2D eigenvalue weighted by Gasteiger charge is 2.30. The molecule has 1 saturated carbocycles. The number of nitrogens with zero attached hydrogens (tertiary/aromatic N) is 2. The van der Waals surface area contributed by atoms with Gasteiger partial charge in [0.05, 0.1) is 6.54 Å². The van der Waals surface area contributed by atoms with Crippen molar-refractivity contribution in [3.8, 4) is 0 Å². The summed E-state index contributed by atoms with van der Waals surface area (Å²) in [6, 6.07) is 10.1. The number of guanidine groups is 1. The van der Waals surface area contributed by atoms with E-state index < -0.39 is 0 Å². The topological polar surface area (TPSA) is 39.7 Å². The Hall–Kier alpha value is -1.20. The quantitative estimate of drug-likeness (QED) is 0.463. The summed E-state index contributed by atoms with van der Waals surface area (Å²) in [5.74, 6) is 0.953. The van der Waals surface area contributed by atoms with Gasteiger partial charge in [0.15, 0.2) is 5.96 Å². The van der Waals surface area contributed by atoms with E-state index in [2.05, 4.69) is 53.0 Å². The van der Waals surface area contributed by atoms with Crippen molar-refractivity contribution in [3.63, 3.8) is 0 Å². The molecule has 2 aliphatic rings. The van der Waals surface area contributed by atoms with Gasteiger partial charge in [0.1, 0.15) is 0 Å². The molecule has 1 saturated heterocycles. The van der Waals surface area contributed by atoms with Crippen LogP contribution < -0.4 is 10.6 Å². The molecule has 1 heterocycles. The van der Waals surface area contributed by atoms with Crippen LogP contribution in [0, 0.1) is 0 Å². The van der Waals surface area contributed by atoms with E-state index in [-0.39, 0.29) is 0 Å². The van der Waals surface area contributed by atoms with Crippen LogP contribution in [0.15, 0.2) is 34.2 Å². The maximum atomic E-state index is 4.79. The lowest BCUT2D eigenvalue weighted by molar-refractivity contribution is 0.242. The number of aliphatic imine (C=N–C) groups is 1. The fourth-order valence-electron chi connectivity index (χ4n) is 3.92. The Morgan fingerprint density at radius 1 is 1.20 bits per heavy atom. The van der Waals surface area contributed by atoms with Gasteiger partial charge < -0.3 is 10.6 Å². The Morgan fingerprint density at radius 3 is 2.64 bits per heavy atom. The molecule has 2 fully saturated rings. The van der Waals surface area contributed by atoms with Crippen molar-refractivity contribution in [2.75, 3.05) is 25.9 Å². The van der Waals surface area contributed by atoms with Crippen LogP contribution in [0.3, 0.4) is 0 Å². The van der Waals surface area contributed by atoms with Crippen molar-refractivity contribution < 1.29 is 0 Å². The second-order valence-electron chi connectivity index (χ2n) is 7.11. The van der Waals surface area contributed by atoms with Crippen molar-refractivity contribution in [1.82, 2.24) is 15.5 Å². The highest BCUT2D eigenvalue weighted by Crippen LogP contribution is 2.26. The molecule has 0 bridgehead atoms. The van der Waals surface area contributed by atoms with Gasteiger partial charge in [-0.1, -0.05) is 25.0 Å². The number of hydrogen-bond acceptors (Lipinski definition) is 3. The standard InChI is InChI=1S/C20H32N4S/c1-3-21-20(22-14-16-8-10-19(25-2)11-9-16)23-17-12-13-24(15-17)18-6-4-5-7-18/h8-11,17-18H,3-7,12-15H2,1-2H3,(H2,21,22,23). The van der Waals surface area contributed by atoms with Crippen LogP contribution in [-0.2, 0) is 6.54 Å². The molecule has 0 amide bonds. The molecule has 0 spiro atoms.